The summed E-state index contributed by atoms with van der Waals surface area (Å²) in [5, 5.41) is 28.8. The number of carbonyl (C=O) groups excluding carboxylic acids is 5. The number of nitrogens with zero attached hydrogens (tertiary/aromatic N) is 2. The summed E-state index contributed by atoms with van der Waals surface area (Å²) in [6.45, 7) is 15.6. The highest BCUT2D eigenvalue weighted by atomic mass is 16.5. The fourth-order valence-corrected chi connectivity index (χ4v) is 5.21. The van der Waals surface area contributed by atoms with E-state index in [1.165, 1.54) is 24.5 Å². The number of nitrogens with one attached hydrogen (secondary N) is 6. The smallest absolute Gasteiger partial charge is 0.252 e. The molecule has 0 aromatic carbocycles. The molecule has 0 saturated heterocycles. The lowest BCUT2D eigenvalue weighted by Crippen LogP contribution is -2.58. The average molecular weight is 697 g/mol. The molecule has 0 aliphatic rings. The number of hydrogen-bond acceptors (Lipinski definition) is 8. The van der Waals surface area contributed by atoms with Crippen LogP contribution in [0.5, 0.6) is 0 Å². The second kappa shape index (κ2) is 20.2. The summed E-state index contributed by atoms with van der Waals surface area (Å²) < 4.78 is 0.562. The molecule has 6 N–H and O–H groups in total. The molecule has 14 heteroatoms. The number of pyridine rings is 2. The van der Waals surface area contributed by atoms with Crippen LogP contribution in [-0.4, -0.2) is 77.8 Å². The molecule has 0 saturated carbocycles. The van der Waals surface area contributed by atoms with E-state index < -0.39 is 47.9 Å². The van der Waals surface area contributed by atoms with Gasteiger partial charge in [-0.2, -0.15) is 4.73 Å². The molecule has 50 heavy (non-hydrogen) atoms. The van der Waals surface area contributed by atoms with Crippen molar-refractivity contribution < 1.29 is 28.7 Å². The summed E-state index contributed by atoms with van der Waals surface area (Å²) in [5.74, 6) is -2.18. The Morgan fingerprint density at radius 3 is 2.06 bits per heavy atom. The Labute approximate surface area is 295 Å². The Balaban J connectivity index is 2.20. The molecular formula is C36H56N8O6. The topological polar surface area (TPSA) is 197 Å². The van der Waals surface area contributed by atoms with E-state index in [1.807, 2.05) is 60.6 Å². The summed E-state index contributed by atoms with van der Waals surface area (Å²) >= 11 is 0. The van der Waals surface area contributed by atoms with E-state index in [0.29, 0.717) is 37.0 Å². The number of rotatable bonds is 19. The quantitative estimate of drug-likeness (QED) is 0.0939. The van der Waals surface area contributed by atoms with Crippen molar-refractivity contribution in [2.24, 2.45) is 11.3 Å². The first kappa shape index (κ1) is 41.6. The van der Waals surface area contributed by atoms with Crippen LogP contribution in [0.2, 0.25) is 0 Å². The van der Waals surface area contributed by atoms with E-state index >= 15 is 0 Å². The van der Waals surface area contributed by atoms with Gasteiger partial charge in [0.1, 0.15) is 18.1 Å². The Morgan fingerprint density at radius 1 is 0.840 bits per heavy atom. The summed E-state index contributed by atoms with van der Waals surface area (Å²) in [5.41, 5.74) is 0.605. The monoisotopic (exact) mass is 696 g/mol. The number of carbonyl (C=O) groups is 5. The number of amides is 5. The largest absolute Gasteiger partial charge is 0.619 e. The van der Waals surface area contributed by atoms with Crippen molar-refractivity contribution in [3.05, 3.63) is 65.4 Å². The Bertz CT molecular complexity index is 1400. The minimum Gasteiger partial charge on any atom is -0.619 e. The third kappa shape index (κ3) is 14.5. The van der Waals surface area contributed by atoms with E-state index in [4.69, 9.17) is 0 Å². The van der Waals surface area contributed by atoms with Gasteiger partial charge in [0.25, 0.3) is 5.91 Å². The summed E-state index contributed by atoms with van der Waals surface area (Å²) in [6.07, 6.45) is 5.63. The molecule has 0 unspecified atom stereocenters. The summed E-state index contributed by atoms with van der Waals surface area (Å²) in [7, 11) is 0. The molecular weight excluding hydrogens is 640 g/mol. The Hall–Kier alpha value is -4.59. The van der Waals surface area contributed by atoms with Gasteiger partial charge in [-0.3, -0.25) is 29.0 Å². The van der Waals surface area contributed by atoms with E-state index in [2.05, 4.69) is 36.9 Å². The van der Waals surface area contributed by atoms with E-state index in [1.54, 1.807) is 19.2 Å². The van der Waals surface area contributed by atoms with Gasteiger partial charge in [-0.05, 0) is 50.2 Å². The lowest BCUT2D eigenvalue weighted by atomic mass is 9.87. The maximum Gasteiger partial charge on any atom is 0.252 e. The minimum atomic E-state index is -0.950. The van der Waals surface area contributed by atoms with Crippen molar-refractivity contribution in [2.45, 2.75) is 111 Å². The van der Waals surface area contributed by atoms with Gasteiger partial charge in [-0.15, -0.1) is 0 Å². The van der Waals surface area contributed by atoms with E-state index in [0.717, 1.165) is 5.69 Å². The number of aromatic nitrogens is 2. The fraction of sp³-hybridized carbons (Fsp3) is 0.583. The van der Waals surface area contributed by atoms with Gasteiger partial charge >= 0.3 is 0 Å². The van der Waals surface area contributed by atoms with Crippen LogP contribution >= 0.6 is 0 Å². The number of likely N-dealkylation sites (N-methyl/N-ethyl adjacent to an activating group) is 1. The highest BCUT2D eigenvalue weighted by molar-refractivity contribution is 5.98. The first-order valence-electron chi connectivity index (χ1n) is 17.4. The molecule has 0 spiro atoms. The van der Waals surface area contributed by atoms with Crippen LogP contribution in [0.15, 0.2) is 48.9 Å². The van der Waals surface area contributed by atoms with Crippen LogP contribution in [-0.2, 0) is 25.6 Å². The molecule has 0 fully saturated rings. The molecule has 5 amide bonds. The summed E-state index contributed by atoms with van der Waals surface area (Å²) in [4.78, 5) is 70.4. The molecule has 276 valence electrons. The van der Waals surface area contributed by atoms with Gasteiger partial charge in [-0.1, -0.05) is 54.0 Å². The first-order chi connectivity index (χ1) is 23.5. The Morgan fingerprint density at radius 2 is 1.50 bits per heavy atom. The molecule has 5 atom stereocenters. The molecule has 14 nitrogen and oxygen atoms in total. The molecule has 2 aromatic heterocycles. The van der Waals surface area contributed by atoms with Gasteiger partial charge in [0.15, 0.2) is 12.4 Å². The maximum absolute atomic E-state index is 13.8. The van der Waals surface area contributed by atoms with Crippen molar-refractivity contribution in [1.29, 1.82) is 0 Å². The zero-order valence-electron chi connectivity index (χ0n) is 30.7. The second-order valence-electron chi connectivity index (χ2n) is 14.1. The third-order valence-electron chi connectivity index (χ3n) is 7.90. The fourth-order valence-electron chi connectivity index (χ4n) is 5.21. The van der Waals surface area contributed by atoms with Gasteiger partial charge in [-0.25, -0.2) is 0 Å². The molecule has 2 aromatic rings. The lowest BCUT2D eigenvalue weighted by Gasteiger charge is -2.29. The van der Waals surface area contributed by atoms with Crippen molar-refractivity contribution in [3.63, 3.8) is 0 Å². The van der Waals surface area contributed by atoms with Crippen LogP contribution in [0, 0.1) is 16.5 Å². The second-order valence-corrected chi connectivity index (χ2v) is 14.1. The SMILES string of the molecule is CCC[C@H](NC(=O)[C@H](CC(C)(C)C)NC(=O)c1cc[n+]([O-])cc1)C(=O)N[C@H](CN[C@@H](C)C(=O)N[C@H](C(=O)NCC)C(C)C)Cc1ccccn1. The molecule has 0 bridgehead atoms. The third-order valence-corrected chi connectivity index (χ3v) is 7.90. The molecule has 0 radical (unpaired) electrons. The average Bonchev–Trinajstić information content (AvgIpc) is 3.05. The van der Waals surface area contributed by atoms with Crippen molar-refractivity contribution in [2.75, 3.05) is 13.1 Å². The zero-order chi connectivity index (χ0) is 37.4. The Kier molecular flexibility index (Phi) is 16.8. The highest BCUT2D eigenvalue weighted by Crippen LogP contribution is 2.21. The first-order valence-corrected chi connectivity index (χ1v) is 17.4. The van der Waals surface area contributed by atoms with Crippen LogP contribution in [0.3, 0.4) is 0 Å². The van der Waals surface area contributed by atoms with E-state index in [-0.39, 0.29) is 35.3 Å². The van der Waals surface area contributed by atoms with Gasteiger partial charge in [0.2, 0.25) is 23.6 Å². The molecule has 2 heterocycles. The van der Waals surface area contributed by atoms with Crippen molar-refractivity contribution >= 4 is 29.5 Å². The predicted molar refractivity (Wildman–Crippen MR) is 190 cm³/mol. The van der Waals surface area contributed by atoms with Crippen molar-refractivity contribution in [1.82, 2.24) is 36.9 Å². The summed E-state index contributed by atoms with van der Waals surface area (Å²) in [6, 6.07) is 4.45. The normalized spacial score (nSPS) is 14.4. The van der Waals surface area contributed by atoms with Gasteiger partial charge in [0, 0.05) is 49.6 Å². The van der Waals surface area contributed by atoms with Crippen LogP contribution in [0.1, 0.15) is 90.7 Å². The van der Waals surface area contributed by atoms with Gasteiger partial charge < -0.3 is 37.1 Å². The van der Waals surface area contributed by atoms with E-state index in [9.17, 15) is 29.2 Å². The lowest BCUT2D eigenvalue weighted by molar-refractivity contribution is -0.605. The molecule has 0 aliphatic carbocycles. The predicted octanol–water partition coefficient (Wildman–Crippen LogP) is 1.52. The standard InChI is InChI=1S/C36H56N8O6/c1-9-13-28(41-34(48)29(21-36(6,7)8)42-32(46)25-15-18-44(50)19-16-25)33(47)40-27(20-26-14-11-12-17-38-26)22-39-24(5)31(45)43-30(23(3)4)35(49)37-10-2/h11-12,14-19,23-24,27-30,39H,9-10,13,20-22H2,1-8H3,(H,37,49)(H,40,47)(H,41,48)(H,42,46)(H,43,45)/t24-,27-,28-,29-,30-/m0/s1. The zero-order valence-corrected chi connectivity index (χ0v) is 30.7. The molecule has 2 rings (SSSR count). The van der Waals surface area contributed by atoms with Gasteiger partial charge in [0.05, 0.1) is 11.6 Å². The van der Waals surface area contributed by atoms with Crippen LogP contribution in [0.25, 0.3) is 0 Å². The van der Waals surface area contributed by atoms with Crippen LogP contribution in [0.4, 0.5) is 0 Å². The highest BCUT2D eigenvalue weighted by Gasteiger charge is 2.31. The van der Waals surface area contributed by atoms with Crippen molar-refractivity contribution in [3.8, 4) is 0 Å². The number of hydrogen-bond donors (Lipinski definition) is 6. The maximum atomic E-state index is 13.8. The minimum absolute atomic E-state index is 0.125. The molecule has 0 aliphatic heterocycles. The van der Waals surface area contributed by atoms with Crippen LogP contribution < -0.4 is 36.6 Å².